The Morgan fingerprint density at radius 2 is 2.04 bits per heavy atom. The first kappa shape index (κ1) is 19.6. The number of carboxylic acid groups (broad SMARTS) is 1. The third-order valence-corrected chi connectivity index (χ3v) is 9.14. The Bertz CT molecular complexity index is 473. The van der Waals surface area contributed by atoms with E-state index < -0.39 is 32.3 Å². The van der Waals surface area contributed by atoms with Crippen molar-refractivity contribution in [2.24, 2.45) is 0 Å². The first-order chi connectivity index (χ1) is 10.4. The first-order valence-electron chi connectivity index (χ1n) is 7.90. The fourth-order valence-electron chi connectivity index (χ4n) is 1.99. The van der Waals surface area contributed by atoms with Gasteiger partial charge in [-0.2, -0.15) is 0 Å². The molecule has 0 aromatic heterocycles. The third kappa shape index (κ3) is 5.62. The van der Waals surface area contributed by atoms with Crippen LogP contribution in [-0.4, -0.2) is 49.9 Å². The van der Waals surface area contributed by atoms with Crippen molar-refractivity contribution >= 4 is 26.1 Å². The van der Waals surface area contributed by atoms with Crippen LogP contribution in [0.1, 0.15) is 40.0 Å². The van der Waals surface area contributed by atoms with E-state index in [0.717, 1.165) is 0 Å². The van der Waals surface area contributed by atoms with Gasteiger partial charge in [-0.25, -0.2) is 4.79 Å². The Morgan fingerprint density at radius 1 is 1.43 bits per heavy atom. The van der Waals surface area contributed by atoms with Crippen LogP contribution in [0.25, 0.3) is 0 Å². The Labute approximate surface area is 138 Å². The van der Waals surface area contributed by atoms with E-state index in [2.05, 4.69) is 44.5 Å². The van der Waals surface area contributed by atoms with Crippen molar-refractivity contribution < 1.29 is 23.9 Å². The lowest BCUT2D eigenvalue weighted by Gasteiger charge is -2.36. The molecular weight excluding hydrogens is 316 g/mol. The van der Waals surface area contributed by atoms with Gasteiger partial charge in [0.2, 0.25) is 11.8 Å². The average Bonchev–Trinajstić information content (AvgIpc) is 2.82. The van der Waals surface area contributed by atoms with Crippen molar-refractivity contribution in [2.45, 2.75) is 70.2 Å². The van der Waals surface area contributed by atoms with Crippen molar-refractivity contribution in [3.63, 3.8) is 0 Å². The molecule has 0 unspecified atom stereocenters. The highest BCUT2D eigenvalue weighted by atomic mass is 28.4. The van der Waals surface area contributed by atoms with Gasteiger partial charge in [0.1, 0.15) is 12.1 Å². The summed E-state index contributed by atoms with van der Waals surface area (Å²) in [5.74, 6) is -1.73. The number of rotatable bonds is 7. The predicted molar refractivity (Wildman–Crippen MR) is 88.5 cm³/mol. The van der Waals surface area contributed by atoms with E-state index in [4.69, 9.17) is 4.43 Å². The molecule has 2 atom stereocenters. The van der Waals surface area contributed by atoms with E-state index in [1.807, 2.05) is 0 Å². The maximum Gasteiger partial charge on any atom is 0.326 e. The molecule has 1 rings (SSSR count). The number of amides is 2. The number of hydrogen-bond acceptors (Lipinski definition) is 4. The molecule has 132 valence electrons. The molecule has 0 aromatic rings. The van der Waals surface area contributed by atoms with Crippen LogP contribution in [0.3, 0.4) is 0 Å². The molecule has 0 aliphatic carbocycles. The highest BCUT2D eigenvalue weighted by molar-refractivity contribution is 6.74. The van der Waals surface area contributed by atoms with Crippen molar-refractivity contribution in [1.29, 1.82) is 0 Å². The van der Waals surface area contributed by atoms with Crippen molar-refractivity contribution in [3.8, 4) is 0 Å². The van der Waals surface area contributed by atoms with E-state index in [9.17, 15) is 19.5 Å². The SMILES string of the molecule is CC(C)(C)[Si](C)(C)OCC[C@H](NC(=O)[C@H]1CCC(=O)N1)C(=O)O. The number of carbonyl (C=O) groups excluding carboxylic acids is 2. The van der Waals surface area contributed by atoms with Gasteiger partial charge in [0.05, 0.1) is 0 Å². The van der Waals surface area contributed by atoms with Gasteiger partial charge in [0, 0.05) is 19.4 Å². The van der Waals surface area contributed by atoms with Crippen LogP contribution in [0.4, 0.5) is 0 Å². The monoisotopic (exact) mass is 344 g/mol. The minimum absolute atomic E-state index is 0.0447. The van der Waals surface area contributed by atoms with Crippen LogP contribution >= 0.6 is 0 Å². The Balaban J connectivity index is 2.51. The molecule has 2 amide bonds. The number of hydrogen-bond donors (Lipinski definition) is 3. The number of carboxylic acids is 1. The van der Waals surface area contributed by atoms with Gasteiger partial charge in [-0.15, -0.1) is 0 Å². The average molecular weight is 344 g/mol. The zero-order chi connectivity index (χ0) is 17.8. The maximum absolute atomic E-state index is 12.0. The highest BCUT2D eigenvalue weighted by Crippen LogP contribution is 2.36. The normalized spacial score (nSPS) is 20.0. The van der Waals surface area contributed by atoms with E-state index in [-0.39, 0.29) is 24.0 Å². The smallest absolute Gasteiger partial charge is 0.326 e. The van der Waals surface area contributed by atoms with Crippen LogP contribution in [0.15, 0.2) is 0 Å². The molecule has 0 radical (unpaired) electrons. The van der Waals surface area contributed by atoms with Gasteiger partial charge in [-0.3, -0.25) is 9.59 Å². The molecule has 7 nitrogen and oxygen atoms in total. The van der Waals surface area contributed by atoms with E-state index in [0.29, 0.717) is 12.8 Å². The van der Waals surface area contributed by atoms with Crippen molar-refractivity contribution in [1.82, 2.24) is 10.6 Å². The Morgan fingerprint density at radius 3 is 2.48 bits per heavy atom. The zero-order valence-corrected chi connectivity index (χ0v) is 15.6. The molecule has 1 heterocycles. The van der Waals surface area contributed by atoms with Gasteiger partial charge in [-0.05, 0) is 24.6 Å². The molecule has 1 aliphatic heterocycles. The van der Waals surface area contributed by atoms with Gasteiger partial charge in [0.15, 0.2) is 8.32 Å². The Kier molecular flexibility index (Phi) is 6.35. The summed E-state index contributed by atoms with van der Waals surface area (Å²) < 4.78 is 5.95. The molecule has 3 N–H and O–H groups in total. The van der Waals surface area contributed by atoms with Crippen molar-refractivity contribution in [2.75, 3.05) is 6.61 Å². The van der Waals surface area contributed by atoms with Gasteiger partial charge < -0.3 is 20.2 Å². The molecule has 0 aromatic carbocycles. The molecule has 8 heteroatoms. The quantitative estimate of drug-likeness (QED) is 0.603. The second-order valence-electron chi connectivity index (χ2n) is 7.46. The van der Waals surface area contributed by atoms with E-state index >= 15 is 0 Å². The standard InChI is InChI=1S/C15H28N2O5Si/c1-15(2,3)23(4,5)22-9-8-11(14(20)21)17-13(19)10-6-7-12(18)16-10/h10-11H,6-9H2,1-5H3,(H,16,18)(H,17,19)(H,20,21)/t10-,11+/m1/s1. The van der Waals surface area contributed by atoms with Crippen LogP contribution in [-0.2, 0) is 18.8 Å². The topological polar surface area (TPSA) is 105 Å². The zero-order valence-electron chi connectivity index (χ0n) is 14.6. The van der Waals surface area contributed by atoms with Crippen LogP contribution < -0.4 is 10.6 Å². The molecule has 0 bridgehead atoms. The number of carbonyl (C=O) groups is 3. The summed E-state index contributed by atoms with van der Waals surface area (Å²) in [6.07, 6.45) is 0.899. The highest BCUT2D eigenvalue weighted by Gasteiger charge is 2.37. The lowest BCUT2D eigenvalue weighted by atomic mass is 10.1. The minimum atomic E-state index is -1.94. The number of aliphatic carboxylic acids is 1. The van der Waals surface area contributed by atoms with Crippen LogP contribution in [0.2, 0.25) is 18.1 Å². The summed E-state index contributed by atoms with van der Waals surface area (Å²) in [7, 11) is -1.94. The van der Waals surface area contributed by atoms with Gasteiger partial charge in [0.25, 0.3) is 0 Å². The lowest BCUT2D eigenvalue weighted by molar-refractivity contribution is -0.142. The fraction of sp³-hybridized carbons (Fsp3) is 0.800. The van der Waals surface area contributed by atoms with Crippen molar-refractivity contribution in [3.05, 3.63) is 0 Å². The van der Waals surface area contributed by atoms with E-state index in [1.54, 1.807) is 0 Å². The second kappa shape index (κ2) is 7.44. The summed E-state index contributed by atoms with van der Waals surface area (Å²) in [6, 6.07) is -1.64. The van der Waals surface area contributed by atoms with Gasteiger partial charge >= 0.3 is 5.97 Å². The van der Waals surface area contributed by atoms with Crippen LogP contribution in [0.5, 0.6) is 0 Å². The minimum Gasteiger partial charge on any atom is -0.480 e. The summed E-state index contributed by atoms with van der Waals surface area (Å²) >= 11 is 0. The lowest BCUT2D eigenvalue weighted by Crippen LogP contribution is -2.49. The van der Waals surface area contributed by atoms with Crippen LogP contribution in [0, 0.1) is 0 Å². The summed E-state index contributed by atoms with van der Waals surface area (Å²) in [5.41, 5.74) is 0. The summed E-state index contributed by atoms with van der Waals surface area (Å²) in [6.45, 7) is 10.8. The largest absolute Gasteiger partial charge is 0.480 e. The molecular formula is C15H28N2O5Si. The maximum atomic E-state index is 12.0. The molecule has 1 aliphatic rings. The predicted octanol–water partition coefficient (Wildman–Crippen LogP) is 1.25. The van der Waals surface area contributed by atoms with E-state index in [1.165, 1.54) is 0 Å². The molecule has 1 fully saturated rings. The molecule has 0 saturated carbocycles. The fourth-order valence-corrected chi connectivity index (χ4v) is 3.05. The summed E-state index contributed by atoms with van der Waals surface area (Å²) in [5, 5.41) is 14.3. The third-order valence-electron chi connectivity index (χ3n) is 4.60. The molecule has 1 saturated heterocycles. The molecule has 23 heavy (non-hydrogen) atoms. The Hall–Kier alpha value is -1.41. The second-order valence-corrected chi connectivity index (χ2v) is 12.3. The van der Waals surface area contributed by atoms with Gasteiger partial charge in [-0.1, -0.05) is 20.8 Å². The first-order valence-corrected chi connectivity index (χ1v) is 10.8. The molecule has 0 spiro atoms. The summed E-state index contributed by atoms with van der Waals surface area (Å²) in [4.78, 5) is 34.5. The number of nitrogens with one attached hydrogen (secondary N) is 2.